The van der Waals surface area contributed by atoms with Crippen molar-refractivity contribution >= 4 is 65.7 Å². The number of ether oxygens (including phenoxy) is 1. The maximum absolute atomic E-state index is 9.60. The van der Waals surface area contributed by atoms with E-state index in [4.69, 9.17) is 148 Å². The van der Waals surface area contributed by atoms with Crippen LogP contribution in [0.4, 0.5) is 0 Å². The lowest BCUT2D eigenvalue weighted by Gasteiger charge is -2.31. The van der Waals surface area contributed by atoms with Crippen LogP contribution in [0.5, 0.6) is 0 Å². The molecule has 0 saturated carbocycles. The van der Waals surface area contributed by atoms with Crippen LogP contribution in [-0.4, -0.2) is 334 Å². The highest BCUT2D eigenvalue weighted by Gasteiger charge is 2.33. The van der Waals surface area contributed by atoms with Gasteiger partial charge in [-0.15, -0.1) is 0 Å². The van der Waals surface area contributed by atoms with Crippen LogP contribution in [0.1, 0.15) is 34.1 Å². The zero-order valence-corrected chi connectivity index (χ0v) is 57.5. The Morgan fingerprint density at radius 1 is 0.245 bits per heavy atom. The van der Waals surface area contributed by atoms with Crippen molar-refractivity contribution in [3.05, 3.63) is 138 Å². The lowest BCUT2D eigenvalue weighted by atomic mass is 9.88. The molecule has 0 aromatic rings. The molecule has 0 aromatic carbocycles. The number of hydrogen-bond acceptors (Lipinski definition) is 29. The van der Waals surface area contributed by atoms with Gasteiger partial charge in [0.05, 0.1) is 147 Å². The summed E-state index contributed by atoms with van der Waals surface area (Å²) in [5.41, 5.74) is -4.68. The molecule has 0 atom stereocenters. The number of rotatable bonds is 33. The predicted molar refractivity (Wildman–Crippen MR) is 364 cm³/mol. The quantitative estimate of drug-likeness (QED) is 0.0280. The zero-order valence-electron chi connectivity index (χ0n) is 57.5. The van der Waals surface area contributed by atoms with E-state index in [1.54, 1.807) is 0 Å². The lowest BCUT2D eigenvalue weighted by molar-refractivity contribution is -0.133. The number of carboxylic acids is 11. The van der Waals surface area contributed by atoms with Crippen molar-refractivity contribution in [1.29, 1.82) is 0 Å². The maximum atomic E-state index is 9.60. The van der Waals surface area contributed by atoms with Crippen molar-refractivity contribution in [2.24, 2.45) is 27.1 Å². The van der Waals surface area contributed by atoms with E-state index in [1.807, 2.05) is 6.92 Å². The fourth-order valence-corrected chi connectivity index (χ4v) is 2.14. The van der Waals surface area contributed by atoms with Gasteiger partial charge in [0.2, 0.25) is 0 Å². The second kappa shape index (κ2) is 89.6. The number of carboxylic acid groups (broad SMARTS) is 11. The largest absolute Gasteiger partial charge is 0.478 e. The van der Waals surface area contributed by atoms with Gasteiger partial charge < -0.3 is 148 Å². The molecule has 0 radical (unpaired) electrons. The Balaban J connectivity index is -0.0000000624. The second-order valence-electron chi connectivity index (χ2n) is 18.6. The molecule has 40 heteroatoms. The van der Waals surface area contributed by atoms with Crippen molar-refractivity contribution in [3.63, 3.8) is 0 Å². The summed E-state index contributed by atoms with van der Waals surface area (Å²) in [6.07, 6.45) is 7.26. The van der Waals surface area contributed by atoms with Gasteiger partial charge in [-0.1, -0.05) is 79.3 Å². The molecule has 0 heterocycles. The summed E-state index contributed by atoms with van der Waals surface area (Å²) in [5, 5.41) is 233. The SMILES string of the molecule is C=C(C)C(=O)O.C=C(C)C(=O)O.C=C(C)C(=O)O.C=CC(=O)O.C=CC(=O)O.C=CC(=O)O.C=CC(=O)O.C=CC(=O)O.C=CC(=O)O.C=CC(=O)O.C=CC(=O)O.CCC(CO)(CO)CO.OCC(CO)(CO)CO.OCC(CO)(CO)CO.OCC(CO)(CO)COCC(CO)(CO)CO. The molecule has 28 N–H and O–H groups in total. The average molecular weight is 1500 g/mol. The molecular weight excluding hydrogens is 1380 g/mol. The monoisotopic (exact) mass is 1490 g/mol. The summed E-state index contributed by atoms with van der Waals surface area (Å²) >= 11 is 0. The first-order valence-electron chi connectivity index (χ1n) is 27.3. The standard InChI is InChI=1S/C10H22O7.C6H14O3.2C5H12O4.3C4H6O2.8C3H4O2/c11-1-9(2-12,3-13)7-17-8-10(4-14,5-15)6-16;1-2-6(3-7,4-8)5-9;2*6-1-5(2-7,3-8)4-9;3*1-3(2)4(5)6;8*1-2-3(4)5/h11-16H,1-8H2;7-9H,2-5H2,1H3;2*6-9H,1-4H2;3*1H2,2H3,(H,5,6);8*2H,1H2,(H,4,5). The summed E-state index contributed by atoms with van der Waals surface area (Å²) < 4.78 is 5.15. The molecule has 0 unspecified atom stereocenters. The van der Waals surface area contributed by atoms with E-state index in [-0.39, 0.29) is 49.8 Å². The smallest absolute Gasteiger partial charge is 0.330 e. The minimum absolute atomic E-state index is 0.141. The van der Waals surface area contributed by atoms with Gasteiger partial charge in [-0.3, -0.25) is 0 Å². The first-order chi connectivity index (χ1) is 46.9. The molecule has 0 aromatic heterocycles. The van der Waals surface area contributed by atoms with Crippen molar-refractivity contribution in [1.82, 2.24) is 0 Å². The Morgan fingerprint density at radius 2 is 0.333 bits per heavy atom. The molecule has 0 amide bonds. The fourth-order valence-electron chi connectivity index (χ4n) is 2.14. The Kier molecular flexibility index (Phi) is 113. The minimum atomic E-state index is -1.16. The van der Waals surface area contributed by atoms with E-state index in [0.29, 0.717) is 6.42 Å². The highest BCUT2D eigenvalue weighted by atomic mass is 16.5. The van der Waals surface area contributed by atoms with E-state index in [0.717, 1.165) is 48.6 Å². The van der Waals surface area contributed by atoms with Crippen LogP contribution in [-0.2, 0) is 57.5 Å². The van der Waals surface area contributed by atoms with Crippen LogP contribution in [0, 0.1) is 27.1 Å². The lowest BCUT2D eigenvalue weighted by Crippen LogP contribution is -2.43. The van der Waals surface area contributed by atoms with Crippen molar-refractivity contribution < 1.29 is 200 Å². The molecular formula is C62H110O40. The molecule has 0 spiro atoms. The molecule has 102 heavy (non-hydrogen) atoms. The molecule has 0 aliphatic carbocycles. The van der Waals surface area contributed by atoms with E-state index in [9.17, 15) is 52.7 Å². The molecule has 0 fully saturated rings. The highest BCUT2D eigenvalue weighted by molar-refractivity contribution is 5.86. The average Bonchev–Trinajstić information content (AvgIpc) is 0.908. The van der Waals surface area contributed by atoms with Gasteiger partial charge >= 0.3 is 65.7 Å². The number of hydrogen-bond donors (Lipinski definition) is 28. The number of aliphatic carboxylic acids is 11. The third-order valence-electron chi connectivity index (χ3n) is 9.76. The maximum Gasteiger partial charge on any atom is 0.330 e. The Morgan fingerprint density at radius 3 is 0.363 bits per heavy atom. The third-order valence-corrected chi connectivity index (χ3v) is 9.76. The second-order valence-corrected chi connectivity index (χ2v) is 18.6. The van der Waals surface area contributed by atoms with Gasteiger partial charge in [0.25, 0.3) is 0 Å². The summed E-state index contributed by atoms with van der Waals surface area (Å²) in [7, 11) is 0. The van der Waals surface area contributed by atoms with Crippen LogP contribution in [0.2, 0.25) is 0 Å². The third kappa shape index (κ3) is 112. The highest BCUT2D eigenvalue weighted by Crippen LogP contribution is 2.20. The van der Waals surface area contributed by atoms with E-state index >= 15 is 0 Å². The Bertz CT molecular complexity index is 1880. The van der Waals surface area contributed by atoms with Crippen molar-refractivity contribution in [2.45, 2.75) is 34.1 Å². The first-order valence-corrected chi connectivity index (χ1v) is 27.3. The van der Waals surface area contributed by atoms with Crippen LogP contribution in [0.15, 0.2) is 138 Å². The number of carbonyl (C=O) groups is 11. The molecule has 598 valence electrons. The zero-order chi connectivity index (χ0) is 85.1. The van der Waals surface area contributed by atoms with Crippen LogP contribution in [0.25, 0.3) is 0 Å². The van der Waals surface area contributed by atoms with E-state index in [1.165, 1.54) is 20.8 Å². The molecule has 0 bridgehead atoms. The number of aliphatic hydroxyl groups excluding tert-OH is 17. The molecule has 0 aliphatic heterocycles. The summed E-state index contributed by atoms with van der Waals surface area (Å²) in [4.78, 5) is 103. The van der Waals surface area contributed by atoms with Crippen LogP contribution in [0.3, 0.4) is 0 Å². The predicted octanol–water partition coefficient (Wildman–Crippen LogP) is -3.83. The van der Waals surface area contributed by atoms with Gasteiger partial charge in [-0.2, -0.15) is 0 Å². The van der Waals surface area contributed by atoms with E-state index in [2.05, 4.69) is 72.4 Å². The molecule has 0 saturated heterocycles. The van der Waals surface area contributed by atoms with E-state index < -0.39 is 185 Å². The Hall–Kier alpha value is -9.41. The van der Waals surface area contributed by atoms with Gasteiger partial charge in [0, 0.05) is 70.7 Å². The van der Waals surface area contributed by atoms with Gasteiger partial charge in [0.1, 0.15) is 0 Å². The van der Waals surface area contributed by atoms with Crippen LogP contribution < -0.4 is 0 Å². The molecule has 0 aliphatic rings. The van der Waals surface area contributed by atoms with Crippen LogP contribution >= 0.6 is 0 Å². The van der Waals surface area contributed by atoms with Gasteiger partial charge in [-0.05, 0) is 27.2 Å². The first kappa shape index (κ1) is 129. The normalized spacial score (nSPS) is 9.19. The molecule has 0 rings (SSSR count). The fraction of sp³-hybridized carbons (Fsp3) is 0.468. The van der Waals surface area contributed by atoms with Crippen molar-refractivity contribution in [3.8, 4) is 0 Å². The van der Waals surface area contributed by atoms with Gasteiger partial charge in [-0.25, -0.2) is 52.7 Å². The topological polar surface area (TPSA) is 763 Å². The summed E-state index contributed by atoms with van der Waals surface area (Å²) in [6, 6.07) is 0. The summed E-state index contributed by atoms with van der Waals surface area (Å²) in [5.74, 6) is -10.7. The van der Waals surface area contributed by atoms with Crippen molar-refractivity contribution in [2.75, 3.05) is 126 Å². The number of aliphatic hydroxyl groups is 17. The molecule has 40 nitrogen and oxygen atoms in total. The Labute approximate surface area is 589 Å². The summed E-state index contributed by atoms with van der Waals surface area (Å²) in [6.45, 7) is 32.6. The van der Waals surface area contributed by atoms with Gasteiger partial charge in [0.15, 0.2) is 0 Å². The minimum Gasteiger partial charge on any atom is -0.478 e.